The van der Waals surface area contributed by atoms with Gasteiger partial charge in [0.25, 0.3) is 5.56 Å². The highest BCUT2D eigenvalue weighted by molar-refractivity contribution is 7.10. The van der Waals surface area contributed by atoms with Crippen LogP contribution < -0.4 is 10.9 Å². The average molecular weight is 296 g/mol. The topological polar surface area (TPSA) is 62.0 Å². The van der Waals surface area contributed by atoms with Gasteiger partial charge in [-0.25, -0.2) is 0 Å². The highest BCUT2D eigenvalue weighted by Crippen LogP contribution is 2.24. The van der Waals surface area contributed by atoms with E-state index >= 15 is 0 Å². The Morgan fingerprint density at radius 1 is 0.952 bits per heavy atom. The van der Waals surface area contributed by atoms with Crippen LogP contribution in [0.2, 0.25) is 0 Å². The highest BCUT2D eigenvalue weighted by Gasteiger charge is 2.20. The third-order valence-corrected chi connectivity index (χ3v) is 3.79. The van der Waals surface area contributed by atoms with E-state index in [1.54, 1.807) is 24.3 Å². The summed E-state index contributed by atoms with van der Waals surface area (Å²) in [6.07, 6.45) is 0. The summed E-state index contributed by atoms with van der Waals surface area (Å²) in [5, 5.41) is 3.64. The van der Waals surface area contributed by atoms with E-state index < -0.39 is 0 Å². The molecule has 0 aliphatic heterocycles. The summed E-state index contributed by atoms with van der Waals surface area (Å²) in [5.74, 6) is -0.281. The third-order valence-electron chi connectivity index (χ3n) is 2.99. The molecule has 3 aromatic rings. The van der Waals surface area contributed by atoms with Crippen molar-refractivity contribution in [2.24, 2.45) is 0 Å². The van der Waals surface area contributed by atoms with Crippen LogP contribution in [0.4, 0.5) is 10.7 Å². The third kappa shape index (κ3) is 2.78. The molecule has 0 saturated carbocycles. The SMILES string of the molecule is O=C(c1ccccc1)c1c(Nc2ccccc2)s[nH]c1=O. The maximum Gasteiger partial charge on any atom is 0.271 e. The number of aromatic nitrogens is 1. The molecular weight excluding hydrogens is 284 g/mol. The Kier molecular flexibility index (Phi) is 3.66. The van der Waals surface area contributed by atoms with Crippen LogP contribution in [-0.4, -0.2) is 10.2 Å². The Labute approximate surface area is 125 Å². The van der Waals surface area contributed by atoms with Crippen LogP contribution in [0.5, 0.6) is 0 Å². The number of carbonyl (C=O) groups excluding carboxylic acids is 1. The lowest BCUT2D eigenvalue weighted by molar-refractivity contribution is 0.103. The highest BCUT2D eigenvalue weighted by atomic mass is 32.1. The minimum absolute atomic E-state index is 0.148. The van der Waals surface area contributed by atoms with Crippen LogP contribution in [-0.2, 0) is 0 Å². The predicted molar refractivity (Wildman–Crippen MR) is 84.5 cm³/mol. The number of benzene rings is 2. The Morgan fingerprint density at radius 2 is 1.57 bits per heavy atom. The van der Waals surface area contributed by atoms with Crippen molar-refractivity contribution in [2.45, 2.75) is 0 Å². The molecule has 0 saturated heterocycles. The Bertz CT molecular complexity index is 807. The lowest BCUT2D eigenvalue weighted by atomic mass is 10.1. The molecule has 0 aliphatic carbocycles. The number of hydrogen-bond acceptors (Lipinski definition) is 4. The number of para-hydroxylation sites is 1. The van der Waals surface area contributed by atoms with Gasteiger partial charge in [0.15, 0.2) is 0 Å². The van der Waals surface area contributed by atoms with Crippen LogP contribution in [0, 0.1) is 0 Å². The largest absolute Gasteiger partial charge is 0.345 e. The number of anilines is 2. The van der Waals surface area contributed by atoms with E-state index in [4.69, 9.17) is 0 Å². The molecule has 0 spiro atoms. The van der Waals surface area contributed by atoms with Crippen LogP contribution in [0.3, 0.4) is 0 Å². The summed E-state index contributed by atoms with van der Waals surface area (Å²) in [4.78, 5) is 24.4. The molecule has 3 rings (SSSR count). The molecule has 2 N–H and O–H groups in total. The molecule has 0 fully saturated rings. The maximum atomic E-state index is 12.5. The molecule has 0 bridgehead atoms. The number of ketones is 1. The quantitative estimate of drug-likeness (QED) is 0.725. The lowest BCUT2D eigenvalue weighted by Gasteiger charge is -2.05. The first-order valence-electron chi connectivity index (χ1n) is 6.39. The number of hydrogen-bond donors (Lipinski definition) is 2. The molecule has 5 heteroatoms. The second-order valence-electron chi connectivity index (χ2n) is 4.42. The fourth-order valence-corrected chi connectivity index (χ4v) is 2.74. The van der Waals surface area contributed by atoms with Gasteiger partial charge in [-0.15, -0.1) is 0 Å². The summed E-state index contributed by atoms with van der Waals surface area (Å²) in [6, 6.07) is 18.2. The van der Waals surface area contributed by atoms with Crippen molar-refractivity contribution in [3.63, 3.8) is 0 Å². The summed E-state index contributed by atoms with van der Waals surface area (Å²) >= 11 is 1.12. The second-order valence-corrected chi connectivity index (χ2v) is 5.24. The van der Waals surface area contributed by atoms with Gasteiger partial charge in [0.2, 0.25) is 5.78 Å². The van der Waals surface area contributed by atoms with E-state index in [-0.39, 0.29) is 16.9 Å². The molecule has 4 nitrogen and oxygen atoms in total. The van der Waals surface area contributed by atoms with E-state index in [0.29, 0.717) is 10.6 Å². The average Bonchev–Trinajstić information content (AvgIpc) is 2.89. The number of nitrogens with one attached hydrogen (secondary N) is 2. The summed E-state index contributed by atoms with van der Waals surface area (Å²) in [7, 11) is 0. The molecule has 21 heavy (non-hydrogen) atoms. The first-order valence-corrected chi connectivity index (χ1v) is 7.20. The standard InChI is InChI=1S/C16H12N2O2S/c19-14(11-7-3-1-4-8-11)13-15(20)18-21-16(13)17-12-9-5-2-6-10-12/h1-10,17H,(H,18,20). The number of H-pyrrole nitrogens is 1. The number of aromatic amines is 1. The van der Waals surface area contributed by atoms with Gasteiger partial charge in [0, 0.05) is 11.3 Å². The molecule has 0 unspecified atom stereocenters. The fourth-order valence-electron chi connectivity index (χ4n) is 1.98. The summed E-state index contributed by atoms with van der Waals surface area (Å²) in [5.41, 5.74) is 1.11. The maximum absolute atomic E-state index is 12.5. The minimum atomic E-state index is -0.368. The molecule has 2 aromatic carbocycles. The van der Waals surface area contributed by atoms with Gasteiger partial charge in [-0.3, -0.25) is 14.0 Å². The van der Waals surface area contributed by atoms with Crippen molar-refractivity contribution in [1.82, 2.24) is 4.37 Å². The van der Waals surface area contributed by atoms with Crippen molar-refractivity contribution in [3.8, 4) is 0 Å². The molecule has 0 radical (unpaired) electrons. The number of carbonyl (C=O) groups is 1. The van der Waals surface area contributed by atoms with Crippen molar-refractivity contribution in [2.75, 3.05) is 5.32 Å². The van der Waals surface area contributed by atoms with E-state index in [0.717, 1.165) is 17.2 Å². The van der Waals surface area contributed by atoms with Crippen LogP contribution in [0.15, 0.2) is 65.5 Å². The summed E-state index contributed by atoms with van der Waals surface area (Å²) < 4.78 is 2.61. The second kappa shape index (κ2) is 5.76. The van der Waals surface area contributed by atoms with Gasteiger partial charge in [-0.2, -0.15) is 0 Å². The minimum Gasteiger partial charge on any atom is -0.345 e. The van der Waals surface area contributed by atoms with Gasteiger partial charge >= 0.3 is 0 Å². The van der Waals surface area contributed by atoms with E-state index in [1.165, 1.54) is 0 Å². The van der Waals surface area contributed by atoms with Gasteiger partial charge < -0.3 is 5.32 Å². The first kappa shape index (κ1) is 13.3. The molecule has 1 aromatic heterocycles. The Morgan fingerprint density at radius 3 is 2.24 bits per heavy atom. The summed E-state index contributed by atoms with van der Waals surface area (Å²) in [6.45, 7) is 0. The first-order chi connectivity index (χ1) is 10.3. The lowest BCUT2D eigenvalue weighted by Crippen LogP contribution is -2.14. The van der Waals surface area contributed by atoms with Crippen LogP contribution in [0.1, 0.15) is 15.9 Å². The van der Waals surface area contributed by atoms with Crippen LogP contribution >= 0.6 is 11.5 Å². The van der Waals surface area contributed by atoms with E-state index in [1.807, 2.05) is 36.4 Å². The van der Waals surface area contributed by atoms with Crippen molar-refractivity contribution < 1.29 is 4.79 Å². The normalized spacial score (nSPS) is 10.3. The molecular formula is C16H12N2O2S. The zero-order valence-corrected chi connectivity index (χ0v) is 11.8. The van der Waals surface area contributed by atoms with Crippen molar-refractivity contribution in [1.29, 1.82) is 0 Å². The predicted octanol–water partition coefficient (Wildman–Crippen LogP) is 3.41. The molecule has 0 aliphatic rings. The Balaban J connectivity index is 1.98. The monoisotopic (exact) mass is 296 g/mol. The van der Waals surface area contributed by atoms with Crippen molar-refractivity contribution in [3.05, 3.63) is 82.1 Å². The van der Waals surface area contributed by atoms with E-state index in [2.05, 4.69) is 9.69 Å². The van der Waals surface area contributed by atoms with Gasteiger partial charge in [-0.1, -0.05) is 48.5 Å². The van der Waals surface area contributed by atoms with Crippen molar-refractivity contribution >= 4 is 28.0 Å². The zero-order valence-electron chi connectivity index (χ0n) is 11.0. The van der Waals surface area contributed by atoms with Gasteiger partial charge in [0.05, 0.1) is 0 Å². The Hall–Kier alpha value is -2.66. The molecule has 1 heterocycles. The van der Waals surface area contributed by atoms with Gasteiger partial charge in [0.1, 0.15) is 10.6 Å². The zero-order chi connectivity index (χ0) is 14.7. The van der Waals surface area contributed by atoms with Crippen LogP contribution in [0.25, 0.3) is 0 Å². The number of rotatable bonds is 4. The molecule has 104 valence electrons. The molecule has 0 atom stereocenters. The fraction of sp³-hybridized carbons (Fsp3) is 0. The smallest absolute Gasteiger partial charge is 0.271 e. The molecule has 0 amide bonds. The van der Waals surface area contributed by atoms with E-state index in [9.17, 15) is 9.59 Å². The van der Waals surface area contributed by atoms with Gasteiger partial charge in [-0.05, 0) is 23.7 Å².